The van der Waals surface area contributed by atoms with Crippen molar-refractivity contribution in [1.29, 1.82) is 0 Å². The fourth-order valence-corrected chi connectivity index (χ4v) is 3.00. The molecule has 1 aliphatic carbocycles. The molecule has 0 saturated heterocycles. The third-order valence-corrected chi connectivity index (χ3v) is 4.58. The van der Waals surface area contributed by atoms with Gasteiger partial charge in [-0.2, -0.15) is 43.9 Å². The minimum Gasteiger partial charge on any atom is -0.468 e. The highest BCUT2D eigenvalue weighted by Crippen LogP contribution is 2.71. The van der Waals surface area contributed by atoms with E-state index in [0.29, 0.717) is 14.0 Å². The lowest BCUT2D eigenvalue weighted by Crippen LogP contribution is -2.84. The quantitative estimate of drug-likeness (QED) is 0.241. The van der Waals surface area contributed by atoms with Gasteiger partial charge in [-0.3, -0.25) is 4.79 Å². The first-order chi connectivity index (χ1) is 10.7. The van der Waals surface area contributed by atoms with Crippen molar-refractivity contribution >= 4 is 28.6 Å². The van der Waals surface area contributed by atoms with Gasteiger partial charge in [0.15, 0.2) is 0 Å². The van der Waals surface area contributed by atoms with E-state index in [0.717, 1.165) is 22.6 Å². The molecular weight excluding hydrogens is 500 g/mol. The van der Waals surface area contributed by atoms with E-state index in [1.165, 1.54) is 0 Å². The summed E-state index contributed by atoms with van der Waals surface area (Å²) in [5.74, 6) is -37.2. The average Bonchev–Trinajstić information content (AvgIpc) is 2.43. The summed E-state index contributed by atoms with van der Waals surface area (Å²) < 4.78 is 150. The summed E-state index contributed by atoms with van der Waals surface area (Å²) in [6.45, 7) is 0.440. The van der Waals surface area contributed by atoms with Crippen molar-refractivity contribution in [3.8, 4) is 0 Å². The number of methoxy groups -OCH3 is 1. The van der Waals surface area contributed by atoms with Crippen LogP contribution >= 0.6 is 22.6 Å². The smallest absolute Gasteiger partial charge is 0.384 e. The van der Waals surface area contributed by atoms with E-state index in [-0.39, 0.29) is 0 Å². The first-order valence-electron chi connectivity index (χ1n) is 6.04. The van der Waals surface area contributed by atoms with Crippen molar-refractivity contribution in [2.45, 2.75) is 52.0 Å². The fraction of sp³-hybridized carbons (Fsp3) is 0.909. The first-order valence-corrected chi connectivity index (χ1v) is 7.12. The standard InChI is InChI=1S/C11H8F11IO2/c1-5(23,4(24)25-2)3-6(12)7(13,14)9(17,18)11(21,22)10(19,20)8(6,15)16/h3H2,1-2H3. The molecule has 1 atom stereocenters. The molecule has 25 heavy (non-hydrogen) atoms. The van der Waals surface area contributed by atoms with Gasteiger partial charge in [0.2, 0.25) is 0 Å². The number of alkyl halides is 12. The summed E-state index contributed by atoms with van der Waals surface area (Å²) in [4.78, 5) is 11.3. The maximum atomic E-state index is 14.4. The largest absolute Gasteiger partial charge is 0.468 e. The molecule has 0 heterocycles. The summed E-state index contributed by atoms with van der Waals surface area (Å²) in [7, 11) is 0.582. The molecule has 2 nitrogen and oxygen atoms in total. The molecule has 0 radical (unpaired) electrons. The van der Waals surface area contributed by atoms with Gasteiger partial charge in [-0.1, -0.05) is 22.6 Å². The summed E-state index contributed by atoms with van der Waals surface area (Å²) in [5.41, 5.74) is -6.20. The van der Waals surface area contributed by atoms with Crippen LogP contribution in [0.25, 0.3) is 0 Å². The van der Waals surface area contributed by atoms with Gasteiger partial charge in [0.05, 0.1) is 7.11 Å². The van der Waals surface area contributed by atoms with E-state index in [4.69, 9.17) is 0 Å². The van der Waals surface area contributed by atoms with Crippen LogP contribution in [0.15, 0.2) is 0 Å². The molecule has 0 aromatic rings. The molecule has 1 fully saturated rings. The van der Waals surface area contributed by atoms with E-state index in [9.17, 15) is 53.1 Å². The topological polar surface area (TPSA) is 26.3 Å². The molecule has 0 N–H and O–H groups in total. The molecule has 0 amide bonds. The maximum absolute atomic E-state index is 14.4. The zero-order valence-electron chi connectivity index (χ0n) is 12.1. The van der Waals surface area contributed by atoms with Crippen LogP contribution < -0.4 is 0 Å². The van der Waals surface area contributed by atoms with Gasteiger partial charge in [-0.25, -0.2) is 4.39 Å². The fourth-order valence-electron chi connectivity index (χ4n) is 2.25. The number of ether oxygens (including phenoxy) is 1. The van der Waals surface area contributed by atoms with Crippen LogP contribution in [0, 0.1) is 0 Å². The highest BCUT2D eigenvalue weighted by Gasteiger charge is 3.01. The van der Waals surface area contributed by atoms with Gasteiger partial charge < -0.3 is 4.74 Å². The lowest BCUT2D eigenvalue weighted by Gasteiger charge is -2.53. The summed E-state index contributed by atoms with van der Waals surface area (Å²) in [6.07, 6.45) is -2.66. The second kappa shape index (κ2) is 5.47. The molecule has 14 heteroatoms. The van der Waals surface area contributed by atoms with Crippen LogP contribution in [0.2, 0.25) is 0 Å². The Bertz CT molecular complexity index is 542. The minimum atomic E-state index is -7.27. The van der Waals surface area contributed by atoms with Crippen LogP contribution in [-0.4, -0.2) is 51.8 Å². The minimum absolute atomic E-state index is 0.440. The van der Waals surface area contributed by atoms with Gasteiger partial charge in [0, 0.05) is 6.42 Å². The van der Waals surface area contributed by atoms with Crippen molar-refractivity contribution in [1.82, 2.24) is 0 Å². The third kappa shape index (κ3) is 2.37. The molecule has 1 saturated carbocycles. The molecule has 0 aromatic heterocycles. The van der Waals surface area contributed by atoms with Gasteiger partial charge in [0.25, 0.3) is 5.67 Å². The van der Waals surface area contributed by atoms with E-state index < -0.39 is 51.1 Å². The van der Waals surface area contributed by atoms with Crippen LogP contribution in [0.1, 0.15) is 13.3 Å². The van der Waals surface area contributed by atoms with Crippen molar-refractivity contribution < 1.29 is 57.8 Å². The Balaban J connectivity index is 3.75. The number of carbonyl (C=O) groups is 1. The molecular formula is C11H8F11IO2. The van der Waals surface area contributed by atoms with Gasteiger partial charge in [-0.05, 0) is 6.92 Å². The number of carbonyl (C=O) groups excluding carboxylic acids is 1. The second-order valence-electron chi connectivity index (χ2n) is 5.54. The molecule has 1 rings (SSSR count). The lowest BCUT2D eigenvalue weighted by atomic mass is 9.69. The summed E-state index contributed by atoms with van der Waals surface area (Å²) >= 11 is 0.721. The highest BCUT2D eigenvalue weighted by atomic mass is 127. The van der Waals surface area contributed by atoms with E-state index >= 15 is 0 Å². The first kappa shape index (κ1) is 22.5. The Labute approximate surface area is 146 Å². The maximum Gasteiger partial charge on any atom is 0.384 e. The molecule has 0 aromatic carbocycles. The Morgan fingerprint density at radius 2 is 1.08 bits per heavy atom. The number of hydrogen-bond donors (Lipinski definition) is 0. The number of rotatable bonds is 3. The van der Waals surface area contributed by atoms with Crippen LogP contribution in [0.3, 0.4) is 0 Å². The van der Waals surface area contributed by atoms with Crippen molar-refractivity contribution in [2.75, 3.05) is 7.11 Å². The lowest BCUT2D eigenvalue weighted by molar-refractivity contribution is -0.485. The number of esters is 1. The Morgan fingerprint density at radius 3 is 1.36 bits per heavy atom. The molecule has 0 aliphatic heterocycles. The van der Waals surface area contributed by atoms with E-state index in [1.54, 1.807) is 0 Å². The third-order valence-electron chi connectivity index (χ3n) is 3.76. The van der Waals surface area contributed by atoms with Crippen LogP contribution in [0.5, 0.6) is 0 Å². The zero-order valence-corrected chi connectivity index (χ0v) is 14.2. The molecule has 0 spiro atoms. The number of hydrogen-bond acceptors (Lipinski definition) is 2. The van der Waals surface area contributed by atoms with Gasteiger partial charge in [-0.15, -0.1) is 0 Å². The summed E-state index contributed by atoms with van der Waals surface area (Å²) in [5, 5.41) is 0. The monoisotopic (exact) mass is 508 g/mol. The molecule has 1 aliphatic rings. The average molecular weight is 508 g/mol. The molecule has 0 bridgehead atoms. The Kier molecular flexibility index (Phi) is 4.91. The van der Waals surface area contributed by atoms with E-state index in [1.807, 2.05) is 0 Å². The van der Waals surface area contributed by atoms with E-state index in [2.05, 4.69) is 4.74 Å². The van der Waals surface area contributed by atoms with Crippen LogP contribution in [0.4, 0.5) is 48.3 Å². The van der Waals surface area contributed by atoms with Crippen molar-refractivity contribution in [2.24, 2.45) is 0 Å². The zero-order chi connectivity index (χ0) is 20.5. The highest BCUT2D eigenvalue weighted by molar-refractivity contribution is 14.1. The predicted molar refractivity (Wildman–Crippen MR) is 67.6 cm³/mol. The van der Waals surface area contributed by atoms with Gasteiger partial charge in [0.1, 0.15) is 3.42 Å². The van der Waals surface area contributed by atoms with Crippen LogP contribution in [-0.2, 0) is 9.53 Å². The van der Waals surface area contributed by atoms with Crippen molar-refractivity contribution in [3.05, 3.63) is 0 Å². The molecule has 1 unspecified atom stereocenters. The summed E-state index contributed by atoms with van der Waals surface area (Å²) in [6, 6.07) is 0. The predicted octanol–water partition coefficient (Wildman–Crippen LogP) is 4.64. The normalized spacial score (nSPS) is 30.2. The van der Waals surface area contributed by atoms with Crippen molar-refractivity contribution in [3.63, 3.8) is 0 Å². The number of halogens is 12. The second-order valence-corrected chi connectivity index (χ2v) is 7.92. The Morgan fingerprint density at radius 1 is 0.800 bits per heavy atom. The Hall–Kier alpha value is -0.570. The molecule has 148 valence electrons. The van der Waals surface area contributed by atoms with Gasteiger partial charge >= 0.3 is 35.6 Å². The SMILES string of the molecule is COC(=O)C(C)(I)CC1(F)C(F)(F)C(F)(F)C(F)(F)C(F)(F)C1(F)F.